The lowest BCUT2D eigenvalue weighted by atomic mass is 9.63. The molecule has 0 aliphatic carbocycles. The summed E-state index contributed by atoms with van der Waals surface area (Å²) in [5, 5.41) is 0. The molecule has 1 aliphatic rings. The molecule has 0 saturated heterocycles. The number of nitrogens with zero attached hydrogens (tertiary/aromatic N) is 1. The van der Waals surface area contributed by atoms with E-state index in [1.54, 1.807) is 0 Å². The molecule has 2 nitrogen and oxygen atoms in total. The van der Waals surface area contributed by atoms with Gasteiger partial charge in [-0.3, -0.25) is 0 Å². The Balaban J connectivity index is 1.96. The molecule has 30 heavy (non-hydrogen) atoms. The van der Waals surface area contributed by atoms with Gasteiger partial charge in [-0.1, -0.05) is 84.0 Å². The first-order valence-corrected chi connectivity index (χ1v) is 11.2. The normalized spacial score (nSPS) is 13.4. The van der Waals surface area contributed by atoms with Gasteiger partial charge in [-0.05, 0) is 64.2 Å². The maximum Gasteiger partial charge on any atom is 0.524 e. The zero-order valence-corrected chi connectivity index (χ0v) is 19.0. The zero-order chi connectivity index (χ0) is 21.4. The second-order valence-electron chi connectivity index (χ2n) is 9.22. The van der Waals surface area contributed by atoms with Gasteiger partial charge < -0.3 is 9.47 Å². The number of para-hydroxylation sites is 3. The largest absolute Gasteiger partial charge is 0.536 e. The summed E-state index contributed by atoms with van der Waals surface area (Å²) in [7, 11) is -0.166. The molecule has 0 bridgehead atoms. The molecule has 0 fully saturated rings. The third-order valence-electron chi connectivity index (χ3n) is 6.06. The van der Waals surface area contributed by atoms with Gasteiger partial charge in [-0.2, -0.15) is 0 Å². The van der Waals surface area contributed by atoms with Gasteiger partial charge in [0.2, 0.25) is 0 Å². The van der Waals surface area contributed by atoms with Crippen LogP contribution in [0.2, 0.25) is 0 Å². The molecule has 0 amide bonds. The van der Waals surface area contributed by atoms with Crippen LogP contribution in [0, 0.1) is 0 Å². The summed E-state index contributed by atoms with van der Waals surface area (Å²) in [5.41, 5.74) is 7.81. The summed E-state index contributed by atoms with van der Waals surface area (Å²) in [4.78, 5) is 2.36. The van der Waals surface area contributed by atoms with E-state index in [1.165, 1.54) is 22.2 Å². The summed E-state index contributed by atoms with van der Waals surface area (Å²) in [6, 6.07) is 23.8. The third-order valence-corrected chi connectivity index (χ3v) is 6.06. The fraction of sp³-hybridized carbons (Fsp3) is 0.333. The number of fused-ring (bicyclic) bond motifs is 1. The molecular weight excluding hydrogens is 365 g/mol. The number of anilines is 2. The van der Waals surface area contributed by atoms with E-state index in [2.05, 4.69) is 113 Å². The number of hydrogen-bond acceptors (Lipinski definition) is 2. The summed E-state index contributed by atoms with van der Waals surface area (Å²) >= 11 is 0. The molecule has 0 N–H and O–H groups in total. The van der Waals surface area contributed by atoms with E-state index in [9.17, 15) is 0 Å². The Hall–Kier alpha value is -2.68. The predicted molar refractivity (Wildman–Crippen MR) is 130 cm³/mol. The standard InChI is InChI=1S/C27H32BNO/c1-18(2)21-16-23(19(3)4)27(24(17-21)20(5)6)28-29(22-12-8-7-9-13-22)25-14-10-11-15-26(25)30-28/h7-20H,1-6H3. The molecule has 3 aromatic rings. The minimum Gasteiger partial charge on any atom is -0.536 e. The highest BCUT2D eigenvalue weighted by molar-refractivity contribution is 6.75. The molecule has 3 heteroatoms. The summed E-state index contributed by atoms with van der Waals surface area (Å²) in [5.74, 6) is 2.28. The summed E-state index contributed by atoms with van der Waals surface area (Å²) < 4.78 is 6.67. The van der Waals surface area contributed by atoms with Crippen molar-refractivity contribution in [1.82, 2.24) is 0 Å². The first kappa shape index (κ1) is 20.6. The Morgan fingerprint density at radius 1 is 0.700 bits per heavy atom. The van der Waals surface area contributed by atoms with Gasteiger partial charge >= 0.3 is 7.05 Å². The topological polar surface area (TPSA) is 12.5 Å². The summed E-state index contributed by atoms with van der Waals surface area (Å²) in [6.07, 6.45) is 0. The molecule has 4 rings (SSSR count). The van der Waals surface area contributed by atoms with Gasteiger partial charge in [0, 0.05) is 5.69 Å². The van der Waals surface area contributed by atoms with E-state index >= 15 is 0 Å². The van der Waals surface area contributed by atoms with Crippen LogP contribution >= 0.6 is 0 Å². The molecule has 0 spiro atoms. The van der Waals surface area contributed by atoms with Crippen LogP contribution in [-0.4, -0.2) is 7.05 Å². The van der Waals surface area contributed by atoms with Crippen molar-refractivity contribution in [2.75, 3.05) is 4.81 Å². The van der Waals surface area contributed by atoms with Crippen LogP contribution in [0.1, 0.15) is 76.0 Å². The molecule has 0 radical (unpaired) electrons. The van der Waals surface area contributed by atoms with Crippen LogP contribution in [0.15, 0.2) is 66.7 Å². The van der Waals surface area contributed by atoms with Crippen molar-refractivity contribution in [3.05, 3.63) is 83.4 Å². The van der Waals surface area contributed by atoms with Crippen LogP contribution in [0.5, 0.6) is 5.75 Å². The number of rotatable bonds is 5. The Morgan fingerprint density at radius 3 is 1.83 bits per heavy atom. The van der Waals surface area contributed by atoms with Crippen LogP contribution in [0.4, 0.5) is 11.4 Å². The maximum atomic E-state index is 6.67. The van der Waals surface area contributed by atoms with Crippen LogP contribution in [-0.2, 0) is 0 Å². The van der Waals surface area contributed by atoms with E-state index in [-0.39, 0.29) is 7.05 Å². The van der Waals surface area contributed by atoms with Gasteiger partial charge in [0.05, 0.1) is 5.69 Å². The van der Waals surface area contributed by atoms with E-state index < -0.39 is 0 Å². The molecule has 0 unspecified atom stereocenters. The van der Waals surface area contributed by atoms with E-state index in [0.29, 0.717) is 17.8 Å². The lowest BCUT2D eigenvalue weighted by Crippen LogP contribution is -2.50. The van der Waals surface area contributed by atoms with Crippen molar-refractivity contribution in [3.8, 4) is 5.75 Å². The SMILES string of the molecule is CC(C)c1cc(C(C)C)c(B2Oc3ccccc3N2c2ccccc2)c(C(C)C)c1. The predicted octanol–water partition coefficient (Wildman–Crippen LogP) is 6.98. The molecule has 1 heterocycles. The van der Waals surface area contributed by atoms with E-state index in [1.807, 2.05) is 0 Å². The number of hydrogen-bond donors (Lipinski definition) is 0. The Bertz CT molecular complexity index is 997. The lowest BCUT2D eigenvalue weighted by Gasteiger charge is -2.29. The molecule has 3 aromatic carbocycles. The van der Waals surface area contributed by atoms with Crippen molar-refractivity contribution in [1.29, 1.82) is 0 Å². The average Bonchev–Trinajstić information content (AvgIpc) is 3.12. The fourth-order valence-electron chi connectivity index (χ4n) is 4.40. The summed E-state index contributed by atoms with van der Waals surface area (Å²) in [6.45, 7) is 13.7. The van der Waals surface area contributed by atoms with Gasteiger partial charge in [0.25, 0.3) is 0 Å². The van der Waals surface area contributed by atoms with Crippen molar-refractivity contribution < 1.29 is 4.65 Å². The van der Waals surface area contributed by atoms with Crippen molar-refractivity contribution in [2.24, 2.45) is 0 Å². The number of benzene rings is 3. The van der Waals surface area contributed by atoms with E-state index in [4.69, 9.17) is 4.65 Å². The van der Waals surface area contributed by atoms with Crippen LogP contribution in [0.3, 0.4) is 0 Å². The Morgan fingerprint density at radius 2 is 1.27 bits per heavy atom. The molecule has 0 aromatic heterocycles. The molecule has 1 aliphatic heterocycles. The van der Waals surface area contributed by atoms with Crippen LogP contribution in [0.25, 0.3) is 0 Å². The first-order valence-electron chi connectivity index (χ1n) is 11.2. The van der Waals surface area contributed by atoms with Crippen molar-refractivity contribution in [3.63, 3.8) is 0 Å². The molecule has 0 saturated carbocycles. The average molecular weight is 397 g/mol. The highest BCUT2D eigenvalue weighted by atomic mass is 16.5. The molecule has 0 atom stereocenters. The molecule has 154 valence electrons. The van der Waals surface area contributed by atoms with E-state index in [0.717, 1.165) is 17.1 Å². The Labute approximate surface area is 182 Å². The van der Waals surface area contributed by atoms with Crippen LogP contribution < -0.4 is 14.9 Å². The maximum absolute atomic E-state index is 6.67. The monoisotopic (exact) mass is 397 g/mol. The van der Waals surface area contributed by atoms with Crippen molar-refractivity contribution >= 4 is 23.9 Å². The quantitative estimate of drug-likeness (QED) is 0.431. The van der Waals surface area contributed by atoms with Gasteiger partial charge in [-0.25, -0.2) is 0 Å². The third kappa shape index (κ3) is 3.62. The first-order chi connectivity index (χ1) is 14.4. The highest BCUT2D eigenvalue weighted by Gasteiger charge is 2.42. The van der Waals surface area contributed by atoms with Gasteiger partial charge in [0.1, 0.15) is 5.75 Å². The fourth-order valence-corrected chi connectivity index (χ4v) is 4.40. The van der Waals surface area contributed by atoms with Gasteiger partial charge in [-0.15, -0.1) is 0 Å². The van der Waals surface area contributed by atoms with Gasteiger partial charge in [0.15, 0.2) is 0 Å². The second-order valence-corrected chi connectivity index (χ2v) is 9.22. The minimum atomic E-state index is -0.166. The second kappa shape index (κ2) is 8.22. The minimum absolute atomic E-state index is 0.166. The van der Waals surface area contributed by atoms with Crippen molar-refractivity contribution in [2.45, 2.75) is 59.3 Å². The molecular formula is C27H32BNO. The highest BCUT2D eigenvalue weighted by Crippen LogP contribution is 2.41. The Kier molecular flexibility index (Phi) is 5.64. The smallest absolute Gasteiger partial charge is 0.524 e. The lowest BCUT2D eigenvalue weighted by molar-refractivity contribution is 0.601. The zero-order valence-electron chi connectivity index (χ0n) is 19.0.